The van der Waals surface area contributed by atoms with E-state index in [2.05, 4.69) is 15.5 Å². The number of nitro benzene ring substituents is 1. The number of aryl methyl sites for hydroxylation is 2. The minimum atomic E-state index is -0.502. The molecule has 0 spiro atoms. The second-order valence-corrected chi connectivity index (χ2v) is 7.37. The highest BCUT2D eigenvalue weighted by molar-refractivity contribution is 7.99. The van der Waals surface area contributed by atoms with Gasteiger partial charge in [-0.3, -0.25) is 14.9 Å². The zero-order valence-electron chi connectivity index (χ0n) is 16.4. The highest BCUT2D eigenvalue weighted by atomic mass is 32.2. The van der Waals surface area contributed by atoms with Crippen LogP contribution in [0.2, 0.25) is 0 Å². The van der Waals surface area contributed by atoms with Crippen LogP contribution in [0.15, 0.2) is 47.6 Å². The Kier molecular flexibility index (Phi) is 6.28. The molecule has 9 heteroatoms. The van der Waals surface area contributed by atoms with Gasteiger partial charge < -0.3 is 9.88 Å². The van der Waals surface area contributed by atoms with Crippen molar-refractivity contribution in [3.8, 4) is 11.4 Å². The SMILES string of the molecule is CCn1c(SCC(=O)Nc2c(C)cccc2[N+](=O)[O-])nnc1-c1ccccc1C. The van der Waals surface area contributed by atoms with Gasteiger partial charge in [0.25, 0.3) is 5.69 Å². The normalized spacial score (nSPS) is 10.7. The van der Waals surface area contributed by atoms with E-state index >= 15 is 0 Å². The van der Waals surface area contributed by atoms with Crippen LogP contribution in [-0.2, 0) is 11.3 Å². The molecule has 3 rings (SSSR count). The van der Waals surface area contributed by atoms with E-state index in [9.17, 15) is 14.9 Å². The minimum Gasteiger partial charge on any atom is -0.319 e. The molecular weight excluding hydrogens is 390 g/mol. The molecule has 29 heavy (non-hydrogen) atoms. The van der Waals surface area contributed by atoms with Crippen LogP contribution < -0.4 is 5.32 Å². The average molecular weight is 411 g/mol. The molecule has 0 saturated carbocycles. The summed E-state index contributed by atoms with van der Waals surface area (Å²) in [5.41, 5.74) is 2.82. The fraction of sp³-hybridized carbons (Fsp3) is 0.250. The number of hydrogen-bond acceptors (Lipinski definition) is 6. The number of carbonyl (C=O) groups excluding carboxylic acids is 1. The molecule has 1 aromatic heterocycles. The van der Waals surface area contributed by atoms with Gasteiger partial charge in [-0.1, -0.05) is 48.2 Å². The quantitative estimate of drug-likeness (QED) is 0.355. The summed E-state index contributed by atoms with van der Waals surface area (Å²) in [7, 11) is 0. The number of hydrogen-bond donors (Lipinski definition) is 1. The summed E-state index contributed by atoms with van der Waals surface area (Å²) in [6.07, 6.45) is 0. The first-order chi connectivity index (χ1) is 13.9. The van der Waals surface area contributed by atoms with Crippen molar-refractivity contribution in [1.82, 2.24) is 14.8 Å². The Morgan fingerprint density at radius 2 is 1.86 bits per heavy atom. The Bertz CT molecular complexity index is 1060. The number of anilines is 1. The van der Waals surface area contributed by atoms with Crippen molar-refractivity contribution < 1.29 is 9.72 Å². The largest absolute Gasteiger partial charge is 0.319 e. The van der Waals surface area contributed by atoms with Crippen LogP contribution in [0.4, 0.5) is 11.4 Å². The molecule has 1 heterocycles. The van der Waals surface area contributed by atoms with E-state index in [0.717, 1.165) is 17.0 Å². The summed E-state index contributed by atoms with van der Waals surface area (Å²) < 4.78 is 1.95. The predicted molar refractivity (Wildman–Crippen MR) is 113 cm³/mol. The summed E-state index contributed by atoms with van der Waals surface area (Å²) in [5, 5.41) is 23.0. The third kappa shape index (κ3) is 4.45. The molecule has 8 nitrogen and oxygen atoms in total. The molecule has 3 aromatic rings. The van der Waals surface area contributed by atoms with Crippen molar-refractivity contribution in [1.29, 1.82) is 0 Å². The third-order valence-corrected chi connectivity index (χ3v) is 5.43. The van der Waals surface area contributed by atoms with Gasteiger partial charge in [0.15, 0.2) is 11.0 Å². The molecule has 150 valence electrons. The number of thioether (sulfide) groups is 1. The number of benzene rings is 2. The van der Waals surface area contributed by atoms with Crippen molar-refractivity contribution in [3.63, 3.8) is 0 Å². The van der Waals surface area contributed by atoms with Crippen molar-refractivity contribution in [2.75, 3.05) is 11.1 Å². The summed E-state index contributed by atoms with van der Waals surface area (Å²) in [6, 6.07) is 12.6. The van der Waals surface area contributed by atoms with E-state index in [0.29, 0.717) is 17.3 Å². The molecule has 0 atom stereocenters. The number of nitrogens with zero attached hydrogens (tertiary/aromatic N) is 4. The molecule has 0 fully saturated rings. The second-order valence-electron chi connectivity index (χ2n) is 6.43. The fourth-order valence-electron chi connectivity index (χ4n) is 2.98. The Morgan fingerprint density at radius 3 is 2.55 bits per heavy atom. The van der Waals surface area contributed by atoms with Gasteiger partial charge in [-0.2, -0.15) is 0 Å². The van der Waals surface area contributed by atoms with Gasteiger partial charge in [-0.05, 0) is 31.9 Å². The second kappa shape index (κ2) is 8.87. The van der Waals surface area contributed by atoms with Crippen molar-refractivity contribution >= 4 is 29.0 Å². The number of carbonyl (C=O) groups is 1. The highest BCUT2D eigenvalue weighted by Gasteiger charge is 2.19. The van der Waals surface area contributed by atoms with Crippen LogP contribution in [0.25, 0.3) is 11.4 Å². The van der Waals surface area contributed by atoms with Gasteiger partial charge in [0.05, 0.1) is 10.7 Å². The first kappa shape index (κ1) is 20.5. The summed E-state index contributed by atoms with van der Waals surface area (Å²) in [6.45, 7) is 6.38. The lowest BCUT2D eigenvalue weighted by Crippen LogP contribution is -2.16. The number of para-hydroxylation sites is 1. The minimum absolute atomic E-state index is 0.0669. The monoisotopic (exact) mass is 411 g/mol. The standard InChI is InChI=1S/C20H21N5O3S/c1-4-24-19(15-10-6-5-8-13(15)2)22-23-20(24)29-12-17(26)21-18-14(3)9-7-11-16(18)25(27)28/h5-11H,4,12H2,1-3H3,(H,21,26). The number of amides is 1. The number of nitro groups is 1. The maximum absolute atomic E-state index is 12.4. The number of nitrogens with one attached hydrogen (secondary N) is 1. The van der Waals surface area contributed by atoms with Crippen LogP contribution in [0.1, 0.15) is 18.1 Å². The molecule has 0 unspecified atom stereocenters. The Hall–Kier alpha value is -3.20. The Morgan fingerprint density at radius 1 is 1.14 bits per heavy atom. The van der Waals surface area contributed by atoms with Gasteiger partial charge >= 0.3 is 0 Å². The summed E-state index contributed by atoms with van der Waals surface area (Å²) in [5.74, 6) is 0.482. The van der Waals surface area contributed by atoms with Crippen molar-refractivity contribution in [2.45, 2.75) is 32.5 Å². The van der Waals surface area contributed by atoms with E-state index in [4.69, 9.17) is 0 Å². The molecule has 1 amide bonds. The molecule has 0 aliphatic carbocycles. The molecule has 0 aliphatic heterocycles. The van der Waals surface area contributed by atoms with E-state index in [1.165, 1.54) is 17.8 Å². The molecule has 0 radical (unpaired) electrons. The molecule has 2 aromatic carbocycles. The van der Waals surface area contributed by atoms with Crippen LogP contribution in [-0.4, -0.2) is 31.3 Å². The van der Waals surface area contributed by atoms with Gasteiger partial charge in [0.1, 0.15) is 5.69 Å². The Balaban J connectivity index is 1.75. The third-order valence-electron chi connectivity index (χ3n) is 4.46. The van der Waals surface area contributed by atoms with Crippen LogP contribution in [0.5, 0.6) is 0 Å². The zero-order valence-corrected chi connectivity index (χ0v) is 17.2. The van der Waals surface area contributed by atoms with Crippen molar-refractivity contribution in [3.05, 3.63) is 63.7 Å². The molecule has 1 N–H and O–H groups in total. The first-order valence-corrected chi connectivity index (χ1v) is 10.1. The molecule has 0 saturated heterocycles. The molecular formula is C20H21N5O3S. The van der Waals surface area contributed by atoms with Gasteiger partial charge in [0.2, 0.25) is 5.91 Å². The van der Waals surface area contributed by atoms with Crippen LogP contribution in [0.3, 0.4) is 0 Å². The average Bonchev–Trinajstić information content (AvgIpc) is 3.10. The predicted octanol–water partition coefficient (Wildman–Crippen LogP) is 4.22. The maximum Gasteiger partial charge on any atom is 0.293 e. The van der Waals surface area contributed by atoms with Crippen LogP contribution >= 0.6 is 11.8 Å². The van der Waals surface area contributed by atoms with Crippen LogP contribution in [0, 0.1) is 24.0 Å². The van der Waals surface area contributed by atoms with E-state index in [1.54, 1.807) is 19.1 Å². The molecule has 0 bridgehead atoms. The lowest BCUT2D eigenvalue weighted by molar-refractivity contribution is -0.384. The Labute approximate surface area is 172 Å². The fourth-order valence-corrected chi connectivity index (χ4v) is 3.78. The number of aromatic nitrogens is 3. The lowest BCUT2D eigenvalue weighted by atomic mass is 10.1. The van der Waals surface area contributed by atoms with E-state index in [1.807, 2.05) is 42.7 Å². The summed E-state index contributed by atoms with van der Waals surface area (Å²) >= 11 is 1.25. The highest BCUT2D eigenvalue weighted by Crippen LogP contribution is 2.29. The summed E-state index contributed by atoms with van der Waals surface area (Å²) in [4.78, 5) is 23.1. The first-order valence-electron chi connectivity index (χ1n) is 9.08. The lowest BCUT2D eigenvalue weighted by Gasteiger charge is -2.10. The maximum atomic E-state index is 12.4. The number of rotatable bonds is 7. The van der Waals surface area contributed by atoms with E-state index in [-0.39, 0.29) is 23.0 Å². The zero-order chi connectivity index (χ0) is 21.0. The van der Waals surface area contributed by atoms with E-state index < -0.39 is 4.92 Å². The topological polar surface area (TPSA) is 103 Å². The van der Waals surface area contributed by atoms with Gasteiger partial charge in [-0.25, -0.2) is 0 Å². The van der Waals surface area contributed by atoms with Gasteiger partial charge in [-0.15, -0.1) is 10.2 Å². The van der Waals surface area contributed by atoms with Gasteiger partial charge in [0, 0.05) is 18.2 Å². The van der Waals surface area contributed by atoms with Crippen molar-refractivity contribution in [2.24, 2.45) is 0 Å². The smallest absolute Gasteiger partial charge is 0.293 e. The molecule has 0 aliphatic rings.